The highest BCUT2D eigenvalue weighted by Gasteiger charge is 2.35. The summed E-state index contributed by atoms with van der Waals surface area (Å²) in [5.41, 5.74) is 2.67. The smallest absolute Gasteiger partial charge is 0.239 e. The molecule has 0 unspecified atom stereocenters. The molecular weight excluding hydrogens is 314 g/mol. The molecule has 4 rings (SSSR count). The van der Waals surface area contributed by atoms with Crippen molar-refractivity contribution in [3.63, 3.8) is 0 Å². The van der Waals surface area contributed by atoms with Crippen LogP contribution in [0.3, 0.4) is 0 Å². The number of nitrogens with zero attached hydrogens (tertiary/aromatic N) is 5. The molecule has 1 aromatic heterocycles. The predicted molar refractivity (Wildman–Crippen MR) is 94.8 cm³/mol. The Morgan fingerprint density at radius 3 is 2.92 bits per heavy atom. The van der Waals surface area contributed by atoms with Gasteiger partial charge in [-0.25, -0.2) is 4.98 Å². The fourth-order valence-electron chi connectivity index (χ4n) is 4.20. The van der Waals surface area contributed by atoms with Gasteiger partial charge in [0.25, 0.3) is 0 Å². The number of carbonyl (C=O) groups excluding carboxylic acids is 1. The van der Waals surface area contributed by atoms with E-state index in [4.69, 9.17) is 0 Å². The van der Waals surface area contributed by atoms with Gasteiger partial charge >= 0.3 is 0 Å². The second-order valence-corrected chi connectivity index (χ2v) is 7.11. The molecule has 0 aliphatic carbocycles. The van der Waals surface area contributed by atoms with Gasteiger partial charge in [-0.15, -0.1) is 0 Å². The zero-order valence-corrected chi connectivity index (χ0v) is 14.7. The lowest BCUT2D eigenvalue weighted by atomic mass is 9.99. The van der Waals surface area contributed by atoms with E-state index in [-0.39, 0.29) is 11.9 Å². The summed E-state index contributed by atoms with van der Waals surface area (Å²) in [6, 6.07) is 8.74. The van der Waals surface area contributed by atoms with Crippen molar-refractivity contribution >= 4 is 5.91 Å². The fraction of sp³-hybridized carbons (Fsp3) is 0.526. The lowest BCUT2D eigenvalue weighted by Crippen LogP contribution is -2.50. The average molecular weight is 339 g/mol. The quantitative estimate of drug-likeness (QED) is 0.851. The van der Waals surface area contributed by atoms with Gasteiger partial charge in [-0.3, -0.25) is 14.4 Å². The third kappa shape index (κ3) is 3.31. The molecule has 1 aromatic carbocycles. The minimum atomic E-state index is -0.0821. The summed E-state index contributed by atoms with van der Waals surface area (Å²) < 4.78 is 1.87. The first kappa shape index (κ1) is 16.3. The van der Waals surface area contributed by atoms with Gasteiger partial charge in [-0.05, 0) is 43.9 Å². The molecule has 1 saturated heterocycles. The number of aromatic nitrogens is 3. The minimum Gasteiger partial charge on any atom is -0.337 e. The molecule has 0 radical (unpaired) electrons. The molecular formula is C19H25N5O. The standard InChI is InChI=1S/C19H25N5O/c1-15(24-9-4-7-18(24)12-23-14-20-13-21-23)19(25)22-10-8-16-5-2-3-6-17(16)11-22/h2-3,5-6,13-15,18H,4,7-12H2,1H3/t15-,18-/m0/s1. The van der Waals surface area contributed by atoms with Crippen LogP contribution in [0.4, 0.5) is 0 Å². The second-order valence-electron chi connectivity index (χ2n) is 7.11. The summed E-state index contributed by atoms with van der Waals surface area (Å²) in [6.45, 7) is 5.41. The molecule has 2 aromatic rings. The van der Waals surface area contributed by atoms with Crippen LogP contribution >= 0.6 is 0 Å². The molecule has 0 saturated carbocycles. The number of hydrogen-bond acceptors (Lipinski definition) is 4. The molecule has 3 heterocycles. The van der Waals surface area contributed by atoms with Crippen LogP contribution in [0, 0.1) is 0 Å². The van der Waals surface area contributed by atoms with Crippen molar-refractivity contribution in [2.24, 2.45) is 0 Å². The summed E-state index contributed by atoms with van der Waals surface area (Å²) in [6.07, 6.45) is 6.53. The third-order valence-corrected chi connectivity index (χ3v) is 5.58. The Bertz CT molecular complexity index is 729. The molecule has 0 bridgehead atoms. The molecule has 0 spiro atoms. The van der Waals surface area contributed by atoms with Crippen LogP contribution in [0.25, 0.3) is 0 Å². The van der Waals surface area contributed by atoms with Crippen molar-refractivity contribution in [1.29, 1.82) is 0 Å². The molecule has 6 nitrogen and oxygen atoms in total. The van der Waals surface area contributed by atoms with Crippen LogP contribution in [-0.2, 0) is 24.3 Å². The number of benzene rings is 1. The van der Waals surface area contributed by atoms with E-state index < -0.39 is 0 Å². The van der Waals surface area contributed by atoms with E-state index >= 15 is 0 Å². The molecule has 2 aliphatic heterocycles. The summed E-state index contributed by atoms with van der Waals surface area (Å²) in [7, 11) is 0. The molecule has 2 atom stereocenters. The van der Waals surface area contributed by atoms with Gasteiger partial charge in [0.15, 0.2) is 0 Å². The number of rotatable bonds is 4. The van der Waals surface area contributed by atoms with Gasteiger partial charge in [0, 0.05) is 19.1 Å². The fourth-order valence-corrected chi connectivity index (χ4v) is 4.20. The Balaban J connectivity index is 1.43. The van der Waals surface area contributed by atoms with E-state index in [2.05, 4.69) is 46.2 Å². The van der Waals surface area contributed by atoms with Gasteiger partial charge in [0.1, 0.15) is 12.7 Å². The van der Waals surface area contributed by atoms with Crippen LogP contribution < -0.4 is 0 Å². The van der Waals surface area contributed by atoms with Crippen molar-refractivity contribution in [2.45, 2.75) is 51.4 Å². The largest absolute Gasteiger partial charge is 0.337 e. The van der Waals surface area contributed by atoms with Gasteiger partial charge in [0.05, 0.1) is 12.6 Å². The highest BCUT2D eigenvalue weighted by molar-refractivity contribution is 5.81. The van der Waals surface area contributed by atoms with Crippen LogP contribution in [0.1, 0.15) is 30.9 Å². The summed E-state index contributed by atoms with van der Waals surface area (Å²) in [5.74, 6) is 0.250. The monoisotopic (exact) mass is 339 g/mol. The van der Waals surface area contributed by atoms with Crippen molar-refractivity contribution < 1.29 is 4.79 Å². The molecule has 132 valence electrons. The first-order chi connectivity index (χ1) is 12.2. The maximum Gasteiger partial charge on any atom is 0.239 e. The Labute approximate surface area is 148 Å². The highest BCUT2D eigenvalue weighted by atomic mass is 16.2. The Morgan fingerprint density at radius 2 is 2.12 bits per heavy atom. The molecule has 1 amide bonds. The van der Waals surface area contributed by atoms with E-state index in [1.165, 1.54) is 11.1 Å². The van der Waals surface area contributed by atoms with Crippen molar-refractivity contribution in [1.82, 2.24) is 24.6 Å². The maximum absolute atomic E-state index is 13.1. The van der Waals surface area contributed by atoms with Crippen molar-refractivity contribution in [3.8, 4) is 0 Å². The molecule has 6 heteroatoms. The first-order valence-corrected chi connectivity index (χ1v) is 9.16. The van der Waals surface area contributed by atoms with E-state index in [9.17, 15) is 4.79 Å². The topological polar surface area (TPSA) is 54.3 Å². The van der Waals surface area contributed by atoms with Crippen LogP contribution in [-0.4, -0.2) is 55.6 Å². The van der Waals surface area contributed by atoms with Crippen molar-refractivity contribution in [2.75, 3.05) is 13.1 Å². The van der Waals surface area contributed by atoms with E-state index in [1.54, 1.807) is 12.7 Å². The zero-order valence-electron chi connectivity index (χ0n) is 14.7. The minimum absolute atomic E-state index is 0.0821. The molecule has 25 heavy (non-hydrogen) atoms. The average Bonchev–Trinajstić information content (AvgIpc) is 3.32. The molecule has 2 aliphatic rings. The van der Waals surface area contributed by atoms with E-state index in [0.717, 1.165) is 45.4 Å². The number of fused-ring (bicyclic) bond motifs is 1. The summed E-state index contributed by atoms with van der Waals surface area (Å²) in [5, 5.41) is 4.22. The number of hydrogen-bond donors (Lipinski definition) is 0. The van der Waals surface area contributed by atoms with Crippen LogP contribution in [0.15, 0.2) is 36.9 Å². The van der Waals surface area contributed by atoms with Crippen LogP contribution in [0.2, 0.25) is 0 Å². The van der Waals surface area contributed by atoms with E-state index in [1.807, 2.05) is 9.58 Å². The Morgan fingerprint density at radius 1 is 1.28 bits per heavy atom. The SMILES string of the molecule is C[C@@H](C(=O)N1CCc2ccccc2C1)N1CCC[C@H]1Cn1cncn1. The number of amides is 1. The molecule has 1 fully saturated rings. The van der Waals surface area contributed by atoms with Gasteiger partial charge in [-0.1, -0.05) is 24.3 Å². The second kappa shape index (κ2) is 6.96. The Hall–Kier alpha value is -2.21. The summed E-state index contributed by atoms with van der Waals surface area (Å²) >= 11 is 0. The lowest BCUT2D eigenvalue weighted by Gasteiger charge is -2.36. The molecule has 0 N–H and O–H groups in total. The Kier molecular flexibility index (Phi) is 4.53. The number of carbonyl (C=O) groups is 1. The number of likely N-dealkylation sites (tertiary alicyclic amines) is 1. The lowest BCUT2D eigenvalue weighted by molar-refractivity contribution is -0.137. The maximum atomic E-state index is 13.1. The highest BCUT2D eigenvalue weighted by Crippen LogP contribution is 2.24. The zero-order chi connectivity index (χ0) is 17.2. The van der Waals surface area contributed by atoms with Crippen LogP contribution in [0.5, 0.6) is 0 Å². The van der Waals surface area contributed by atoms with Gasteiger partial charge < -0.3 is 4.90 Å². The van der Waals surface area contributed by atoms with Gasteiger partial charge in [-0.2, -0.15) is 5.10 Å². The van der Waals surface area contributed by atoms with Gasteiger partial charge in [0.2, 0.25) is 5.91 Å². The first-order valence-electron chi connectivity index (χ1n) is 9.16. The van der Waals surface area contributed by atoms with E-state index in [0.29, 0.717) is 6.04 Å². The summed E-state index contributed by atoms with van der Waals surface area (Å²) in [4.78, 5) is 21.5. The predicted octanol–water partition coefficient (Wildman–Crippen LogP) is 1.72. The third-order valence-electron chi connectivity index (χ3n) is 5.58. The normalized spacial score (nSPS) is 22.0. The van der Waals surface area contributed by atoms with Crippen molar-refractivity contribution in [3.05, 3.63) is 48.0 Å².